The van der Waals surface area contributed by atoms with E-state index in [1.54, 1.807) is 0 Å². The number of primary amides is 1. The highest BCUT2D eigenvalue weighted by atomic mass is 16.1. The van der Waals surface area contributed by atoms with Gasteiger partial charge in [0.2, 0.25) is 5.91 Å². The standard InChI is InChI=1S/C23H31NO/c1-14(2)19-15(3)13-18(17-11-9-8-10-12-17)20(16(19)4)21(22(24)25)23(5,6)7/h8-14,21H,1-7H3,(H2,24,25). The van der Waals surface area contributed by atoms with Gasteiger partial charge in [0.25, 0.3) is 0 Å². The summed E-state index contributed by atoms with van der Waals surface area (Å²) in [5, 5.41) is 0. The van der Waals surface area contributed by atoms with Crippen molar-refractivity contribution in [3.63, 3.8) is 0 Å². The first-order chi connectivity index (χ1) is 11.6. The Morgan fingerprint density at radius 1 is 1.00 bits per heavy atom. The second-order valence-corrected chi connectivity index (χ2v) is 8.42. The normalized spacial score (nSPS) is 13.1. The molecule has 0 saturated heterocycles. The van der Waals surface area contributed by atoms with Crippen molar-refractivity contribution in [3.05, 3.63) is 58.7 Å². The van der Waals surface area contributed by atoms with Gasteiger partial charge in [-0.3, -0.25) is 4.79 Å². The lowest BCUT2D eigenvalue weighted by Gasteiger charge is -2.33. The first kappa shape index (κ1) is 19.2. The van der Waals surface area contributed by atoms with Gasteiger partial charge in [-0.1, -0.05) is 71.0 Å². The van der Waals surface area contributed by atoms with Crippen molar-refractivity contribution < 1.29 is 4.79 Å². The Hall–Kier alpha value is -2.09. The van der Waals surface area contributed by atoms with Gasteiger partial charge in [0, 0.05) is 0 Å². The van der Waals surface area contributed by atoms with Crippen molar-refractivity contribution in [3.8, 4) is 11.1 Å². The topological polar surface area (TPSA) is 43.1 Å². The molecule has 0 radical (unpaired) electrons. The molecule has 1 atom stereocenters. The summed E-state index contributed by atoms with van der Waals surface area (Å²) in [6, 6.07) is 12.5. The minimum atomic E-state index is -0.333. The molecule has 0 saturated carbocycles. The van der Waals surface area contributed by atoms with Crippen molar-refractivity contribution in [2.45, 2.75) is 60.3 Å². The Labute approximate surface area is 152 Å². The van der Waals surface area contributed by atoms with Crippen LogP contribution in [0.5, 0.6) is 0 Å². The Kier molecular flexibility index (Phi) is 5.41. The van der Waals surface area contributed by atoms with Crippen LogP contribution in [0.15, 0.2) is 36.4 Å². The Morgan fingerprint density at radius 2 is 1.56 bits per heavy atom. The fourth-order valence-electron chi connectivity index (χ4n) is 4.13. The molecule has 0 aliphatic carbocycles. The Morgan fingerprint density at radius 3 is 2.00 bits per heavy atom. The van der Waals surface area contributed by atoms with Crippen molar-refractivity contribution in [2.24, 2.45) is 11.1 Å². The molecule has 1 unspecified atom stereocenters. The molecule has 0 aliphatic rings. The van der Waals surface area contributed by atoms with Crippen LogP contribution in [-0.4, -0.2) is 5.91 Å². The summed E-state index contributed by atoms with van der Waals surface area (Å²) in [4.78, 5) is 12.5. The average Bonchev–Trinajstić information content (AvgIpc) is 2.48. The molecule has 25 heavy (non-hydrogen) atoms. The fraction of sp³-hybridized carbons (Fsp3) is 0.435. The second kappa shape index (κ2) is 7.03. The molecule has 1 amide bonds. The van der Waals surface area contributed by atoms with Gasteiger partial charge >= 0.3 is 0 Å². The zero-order valence-electron chi connectivity index (χ0n) is 16.6. The van der Waals surface area contributed by atoms with Gasteiger partial charge in [0.05, 0.1) is 5.92 Å². The van der Waals surface area contributed by atoms with Crippen LogP contribution < -0.4 is 5.73 Å². The van der Waals surface area contributed by atoms with Crippen LogP contribution >= 0.6 is 0 Å². The van der Waals surface area contributed by atoms with Crippen molar-refractivity contribution in [1.29, 1.82) is 0 Å². The van der Waals surface area contributed by atoms with E-state index in [1.807, 2.05) is 18.2 Å². The molecule has 0 heterocycles. The van der Waals surface area contributed by atoms with Gasteiger partial charge in [-0.25, -0.2) is 0 Å². The number of hydrogen-bond acceptors (Lipinski definition) is 1. The van der Waals surface area contributed by atoms with Crippen LogP contribution in [0.25, 0.3) is 11.1 Å². The number of carbonyl (C=O) groups is 1. The van der Waals surface area contributed by atoms with E-state index in [9.17, 15) is 4.79 Å². The summed E-state index contributed by atoms with van der Waals surface area (Å²) in [5.74, 6) is -0.191. The van der Waals surface area contributed by atoms with Crippen LogP contribution in [0, 0.1) is 19.3 Å². The van der Waals surface area contributed by atoms with Gasteiger partial charge in [-0.15, -0.1) is 0 Å². The molecule has 0 spiro atoms. The molecule has 2 aromatic carbocycles. The Bertz CT molecular complexity index is 767. The van der Waals surface area contributed by atoms with Crippen LogP contribution in [0.4, 0.5) is 0 Å². The molecule has 134 valence electrons. The minimum absolute atomic E-state index is 0.246. The number of amides is 1. The molecule has 2 nitrogen and oxygen atoms in total. The summed E-state index contributed by atoms with van der Waals surface area (Å²) in [6.45, 7) is 15.0. The highest BCUT2D eigenvalue weighted by molar-refractivity contribution is 5.87. The third-order valence-corrected chi connectivity index (χ3v) is 4.99. The van der Waals surface area contributed by atoms with E-state index in [0.29, 0.717) is 5.92 Å². The maximum atomic E-state index is 12.5. The van der Waals surface area contributed by atoms with Crippen molar-refractivity contribution >= 4 is 5.91 Å². The predicted molar refractivity (Wildman–Crippen MR) is 107 cm³/mol. The monoisotopic (exact) mass is 337 g/mol. The molecule has 0 bridgehead atoms. The molecule has 2 N–H and O–H groups in total. The van der Waals surface area contributed by atoms with Crippen molar-refractivity contribution in [2.75, 3.05) is 0 Å². The number of aryl methyl sites for hydroxylation is 1. The summed E-state index contributed by atoms with van der Waals surface area (Å²) >= 11 is 0. The van der Waals surface area contributed by atoms with E-state index in [0.717, 1.165) is 16.7 Å². The lowest BCUT2D eigenvalue weighted by atomic mass is 9.70. The van der Waals surface area contributed by atoms with E-state index in [-0.39, 0.29) is 17.2 Å². The molecule has 2 rings (SSSR count). The molecular formula is C23H31NO. The smallest absolute Gasteiger partial charge is 0.225 e. The van der Waals surface area contributed by atoms with Crippen molar-refractivity contribution in [1.82, 2.24) is 0 Å². The summed E-state index contributed by atoms with van der Waals surface area (Å²) in [7, 11) is 0. The molecular weight excluding hydrogens is 306 g/mol. The minimum Gasteiger partial charge on any atom is -0.369 e. The highest BCUT2D eigenvalue weighted by Gasteiger charge is 2.35. The zero-order chi connectivity index (χ0) is 18.9. The first-order valence-corrected chi connectivity index (χ1v) is 9.04. The zero-order valence-corrected chi connectivity index (χ0v) is 16.6. The third kappa shape index (κ3) is 3.78. The number of benzene rings is 2. The highest BCUT2D eigenvalue weighted by Crippen LogP contribution is 2.44. The summed E-state index contributed by atoms with van der Waals surface area (Å²) in [5.41, 5.74) is 12.8. The quantitative estimate of drug-likeness (QED) is 0.763. The summed E-state index contributed by atoms with van der Waals surface area (Å²) < 4.78 is 0. The molecule has 0 aliphatic heterocycles. The lowest BCUT2D eigenvalue weighted by molar-refractivity contribution is -0.121. The van der Waals surface area contributed by atoms with Crippen LogP contribution in [0.2, 0.25) is 0 Å². The van der Waals surface area contributed by atoms with E-state index in [4.69, 9.17) is 5.73 Å². The lowest BCUT2D eigenvalue weighted by Crippen LogP contribution is -2.33. The number of rotatable bonds is 4. The number of hydrogen-bond donors (Lipinski definition) is 1. The average molecular weight is 338 g/mol. The van der Waals surface area contributed by atoms with Gasteiger partial charge < -0.3 is 5.73 Å². The van der Waals surface area contributed by atoms with Crippen LogP contribution in [0.1, 0.15) is 68.7 Å². The Balaban J connectivity index is 2.91. The van der Waals surface area contributed by atoms with Crippen LogP contribution in [0.3, 0.4) is 0 Å². The van der Waals surface area contributed by atoms with Gasteiger partial charge in [0.1, 0.15) is 0 Å². The largest absolute Gasteiger partial charge is 0.369 e. The van der Waals surface area contributed by atoms with Crippen LogP contribution in [-0.2, 0) is 4.79 Å². The SMILES string of the molecule is Cc1cc(-c2ccccc2)c(C(C(N)=O)C(C)(C)C)c(C)c1C(C)C. The number of nitrogens with two attached hydrogens (primary N) is 1. The van der Waals surface area contributed by atoms with E-state index in [1.165, 1.54) is 16.7 Å². The maximum Gasteiger partial charge on any atom is 0.225 e. The molecule has 0 aromatic heterocycles. The van der Waals surface area contributed by atoms with Gasteiger partial charge in [0.15, 0.2) is 0 Å². The molecule has 0 fully saturated rings. The van der Waals surface area contributed by atoms with E-state index >= 15 is 0 Å². The predicted octanol–water partition coefficient (Wildman–Crippen LogP) is 5.71. The first-order valence-electron chi connectivity index (χ1n) is 9.04. The summed E-state index contributed by atoms with van der Waals surface area (Å²) in [6.07, 6.45) is 0. The van der Waals surface area contributed by atoms with E-state index in [2.05, 4.69) is 66.7 Å². The van der Waals surface area contributed by atoms with Gasteiger partial charge in [-0.2, -0.15) is 0 Å². The second-order valence-electron chi connectivity index (χ2n) is 8.42. The maximum absolute atomic E-state index is 12.5. The van der Waals surface area contributed by atoms with E-state index < -0.39 is 0 Å². The molecule has 2 heteroatoms. The van der Waals surface area contributed by atoms with Gasteiger partial charge in [-0.05, 0) is 58.6 Å². The third-order valence-electron chi connectivity index (χ3n) is 4.99. The fourth-order valence-corrected chi connectivity index (χ4v) is 4.13. The molecule has 2 aromatic rings. The number of carbonyl (C=O) groups excluding carboxylic acids is 1.